The van der Waals surface area contributed by atoms with Crippen LogP contribution in [0.1, 0.15) is 28.8 Å². The lowest BCUT2D eigenvalue weighted by Gasteiger charge is -2.11. The molecule has 1 saturated heterocycles. The molecule has 0 spiro atoms. The van der Waals surface area contributed by atoms with E-state index in [1.165, 1.54) is 18.2 Å². The van der Waals surface area contributed by atoms with Crippen LogP contribution >= 0.6 is 0 Å². The molecule has 0 bridgehead atoms. The summed E-state index contributed by atoms with van der Waals surface area (Å²) in [6, 6.07) is 4.07. The van der Waals surface area contributed by atoms with Crippen LogP contribution in [0.2, 0.25) is 0 Å². The van der Waals surface area contributed by atoms with Crippen molar-refractivity contribution in [3.8, 4) is 0 Å². The van der Waals surface area contributed by atoms with Crippen LogP contribution in [-0.4, -0.2) is 25.6 Å². The number of carbonyl (C=O) groups excluding carboxylic acids is 1. The number of carbonyl (C=O) groups is 1. The molecule has 0 radical (unpaired) electrons. The second kappa shape index (κ2) is 5.89. The van der Waals surface area contributed by atoms with Crippen LogP contribution in [0.15, 0.2) is 18.2 Å². The number of ether oxygens (including phenoxy) is 2. The number of rotatable bonds is 5. The van der Waals surface area contributed by atoms with E-state index in [0.29, 0.717) is 24.0 Å². The van der Waals surface area contributed by atoms with Crippen molar-refractivity contribution in [2.75, 3.05) is 13.2 Å². The summed E-state index contributed by atoms with van der Waals surface area (Å²) in [6.07, 6.45) is 2.92. The van der Waals surface area contributed by atoms with Gasteiger partial charge in [0, 0.05) is 12.2 Å². The highest BCUT2D eigenvalue weighted by molar-refractivity contribution is 5.77. The minimum absolute atomic E-state index is 0.142. The summed E-state index contributed by atoms with van der Waals surface area (Å²) in [5.74, 6) is -0.355. The Bertz CT molecular complexity index is 386. The van der Waals surface area contributed by atoms with E-state index in [1.807, 2.05) is 0 Å². The highest BCUT2D eigenvalue weighted by Crippen LogP contribution is 2.14. The third kappa shape index (κ3) is 3.35. The Morgan fingerprint density at radius 3 is 3.12 bits per heavy atom. The molecule has 1 aromatic rings. The lowest BCUT2D eigenvalue weighted by atomic mass is 10.1. The lowest BCUT2D eigenvalue weighted by Crippen LogP contribution is -2.14. The summed E-state index contributed by atoms with van der Waals surface area (Å²) in [5.41, 5.74) is 1.05. The SMILES string of the molecule is O=Cc1ccc(F)cc1COC[C@@H]1CCCO1. The van der Waals surface area contributed by atoms with Crippen molar-refractivity contribution in [2.45, 2.75) is 25.6 Å². The van der Waals surface area contributed by atoms with Gasteiger partial charge < -0.3 is 9.47 Å². The zero-order chi connectivity index (χ0) is 12.1. The van der Waals surface area contributed by atoms with Gasteiger partial charge in [-0.1, -0.05) is 0 Å². The van der Waals surface area contributed by atoms with E-state index in [4.69, 9.17) is 9.47 Å². The van der Waals surface area contributed by atoms with Gasteiger partial charge in [-0.2, -0.15) is 0 Å². The molecule has 0 saturated carbocycles. The van der Waals surface area contributed by atoms with Crippen LogP contribution in [0.3, 0.4) is 0 Å². The molecule has 3 nitrogen and oxygen atoms in total. The van der Waals surface area contributed by atoms with Gasteiger partial charge in [0.05, 0.1) is 19.3 Å². The Kier molecular flexibility index (Phi) is 4.23. The highest BCUT2D eigenvalue weighted by Gasteiger charge is 2.15. The quantitative estimate of drug-likeness (QED) is 0.738. The molecule has 1 heterocycles. The number of benzene rings is 1. The van der Waals surface area contributed by atoms with Gasteiger partial charge in [0.2, 0.25) is 0 Å². The van der Waals surface area contributed by atoms with Gasteiger partial charge in [-0.15, -0.1) is 0 Å². The molecular formula is C13H15FO3. The molecule has 0 unspecified atom stereocenters. The molecule has 0 aromatic heterocycles. The van der Waals surface area contributed by atoms with Crippen LogP contribution in [0.5, 0.6) is 0 Å². The first-order valence-corrected chi connectivity index (χ1v) is 5.72. The van der Waals surface area contributed by atoms with Crippen LogP contribution in [-0.2, 0) is 16.1 Å². The third-order valence-corrected chi connectivity index (χ3v) is 2.82. The van der Waals surface area contributed by atoms with Crippen molar-refractivity contribution in [2.24, 2.45) is 0 Å². The van der Waals surface area contributed by atoms with E-state index < -0.39 is 0 Å². The molecule has 0 amide bonds. The molecule has 1 atom stereocenters. The summed E-state index contributed by atoms with van der Waals surface area (Å²) >= 11 is 0. The molecular weight excluding hydrogens is 223 g/mol. The predicted molar refractivity (Wildman–Crippen MR) is 60.4 cm³/mol. The van der Waals surface area contributed by atoms with Crippen LogP contribution < -0.4 is 0 Å². The molecule has 17 heavy (non-hydrogen) atoms. The van der Waals surface area contributed by atoms with E-state index in [2.05, 4.69) is 0 Å². The van der Waals surface area contributed by atoms with E-state index in [-0.39, 0.29) is 18.5 Å². The maximum atomic E-state index is 13.0. The summed E-state index contributed by atoms with van der Waals surface area (Å²) in [4.78, 5) is 10.8. The Morgan fingerprint density at radius 1 is 1.53 bits per heavy atom. The fourth-order valence-electron chi connectivity index (χ4n) is 1.89. The minimum atomic E-state index is -0.355. The topological polar surface area (TPSA) is 35.5 Å². The van der Waals surface area contributed by atoms with Gasteiger partial charge in [0.1, 0.15) is 12.1 Å². The average Bonchev–Trinajstić information content (AvgIpc) is 2.82. The summed E-state index contributed by atoms with van der Waals surface area (Å²) in [6.45, 7) is 1.52. The summed E-state index contributed by atoms with van der Waals surface area (Å²) < 4.78 is 23.9. The largest absolute Gasteiger partial charge is 0.376 e. The van der Waals surface area contributed by atoms with Crippen molar-refractivity contribution in [3.63, 3.8) is 0 Å². The molecule has 0 aliphatic carbocycles. The highest BCUT2D eigenvalue weighted by atomic mass is 19.1. The number of hydrogen-bond acceptors (Lipinski definition) is 3. The van der Waals surface area contributed by atoms with E-state index >= 15 is 0 Å². The van der Waals surface area contributed by atoms with Gasteiger partial charge >= 0.3 is 0 Å². The Balaban J connectivity index is 1.88. The number of halogens is 1. The van der Waals surface area contributed by atoms with Gasteiger partial charge in [0.25, 0.3) is 0 Å². The minimum Gasteiger partial charge on any atom is -0.376 e. The molecule has 4 heteroatoms. The lowest BCUT2D eigenvalue weighted by molar-refractivity contribution is 0.0104. The van der Waals surface area contributed by atoms with Crippen molar-refractivity contribution in [1.82, 2.24) is 0 Å². The summed E-state index contributed by atoms with van der Waals surface area (Å²) in [5, 5.41) is 0. The van der Waals surface area contributed by atoms with Crippen molar-refractivity contribution >= 4 is 6.29 Å². The molecule has 1 aliphatic heterocycles. The van der Waals surface area contributed by atoms with Crippen molar-refractivity contribution in [1.29, 1.82) is 0 Å². The first-order valence-electron chi connectivity index (χ1n) is 5.72. The van der Waals surface area contributed by atoms with Crippen molar-refractivity contribution in [3.05, 3.63) is 35.1 Å². The van der Waals surface area contributed by atoms with E-state index in [9.17, 15) is 9.18 Å². The fraction of sp³-hybridized carbons (Fsp3) is 0.462. The van der Waals surface area contributed by atoms with Crippen LogP contribution in [0.4, 0.5) is 4.39 Å². The van der Waals surface area contributed by atoms with Gasteiger partial charge in [-0.3, -0.25) is 4.79 Å². The fourth-order valence-corrected chi connectivity index (χ4v) is 1.89. The predicted octanol–water partition coefficient (Wildman–Crippen LogP) is 2.33. The normalized spacial score (nSPS) is 19.5. The molecule has 1 aliphatic rings. The zero-order valence-electron chi connectivity index (χ0n) is 9.52. The van der Waals surface area contributed by atoms with E-state index in [0.717, 1.165) is 19.4 Å². The Hall–Kier alpha value is -1.26. The van der Waals surface area contributed by atoms with Gasteiger partial charge in [-0.25, -0.2) is 4.39 Å². The second-order valence-electron chi connectivity index (χ2n) is 4.11. The standard InChI is InChI=1S/C13H15FO3/c14-12-4-3-10(7-15)11(6-12)8-16-9-13-2-1-5-17-13/h3-4,6-7,13H,1-2,5,8-9H2/t13-/m0/s1. The molecule has 1 fully saturated rings. The first-order chi connectivity index (χ1) is 8.29. The van der Waals surface area contributed by atoms with E-state index in [1.54, 1.807) is 0 Å². The van der Waals surface area contributed by atoms with Gasteiger partial charge in [0.15, 0.2) is 0 Å². The van der Waals surface area contributed by atoms with Crippen LogP contribution in [0, 0.1) is 5.82 Å². The summed E-state index contributed by atoms with van der Waals surface area (Å²) in [7, 11) is 0. The molecule has 2 rings (SSSR count). The monoisotopic (exact) mass is 238 g/mol. The smallest absolute Gasteiger partial charge is 0.150 e. The maximum absolute atomic E-state index is 13.0. The maximum Gasteiger partial charge on any atom is 0.150 e. The zero-order valence-corrected chi connectivity index (χ0v) is 9.52. The van der Waals surface area contributed by atoms with Crippen LogP contribution in [0.25, 0.3) is 0 Å². The second-order valence-corrected chi connectivity index (χ2v) is 4.11. The number of aldehydes is 1. The third-order valence-electron chi connectivity index (χ3n) is 2.82. The number of hydrogen-bond donors (Lipinski definition) is 0. The Morgan fingerprint density at radius 2 is 2.41 bits per heavy atom. The van der Waals surface area contributed by atoms with Gasteiger partial charge in [-0.05, 0) is 36.6 Å². The van der Waals surface area contributed by atoms with Crippen molar-refractivity contribution < 1.29 is 18.7 Å². The average molecular weight is 238 g/mol. The molecule has 1 aromatic carbocycles. The first kappa shape index (κ1) is 12.2. The molecule has 92 valence electrons. The Labute approximate surface area is 99.5 Å². The molecule has 0 N–H and O–H groups in total.